The lowest BCUT2D eigenvalue weighted by molar-refractivity contribution is -0.117. The van der Waals surface area contributed by atoms with Gasteiger partial charge in [0.2, 0.25) is 17.2 Å². The summed E-state index contributed by atoms with van der Waals surface area (Å²) in [7, 11) is 0. The van der Waals surface area contributed by atoms with Crippen LogP contribution in [0.25, 0.3) is 11.1 Å². The van der Waals surface area contributed by atoms with Crippen LogP contribution < -0.4 is 16.1 Å². The van der Waals surface area contributed by atoms with Gasteiger partial charge in [-0.1, -0.05) is 89.5 Å². The first kappa shape index (κ1) is 27.3. The van der Waals surface area contributed by atoms with Gasteiger partial charge in [-0.05, 0) is 48.2 Å². The number of anilines is 2. The van der Waals surface area contributed by atoms with Crippen LogP contribution in [0, 0.1) is 0 Å². The molecule has 34 heavy (non-hydrogen) atoms. The summed E-state index contributed by atoms with van der Waals surface area (Å²) < 4.78 is 0. The van der Waals surface area contributed by atoms with Crippen molar-refractivity contribution < 1.29 is 9.59 Å². The maximum Gasteiger partial charge on any atom is 0.224 e. The van der Waals surface area contributed by atoms with Crippen molar-refractivity contribution in [2.24, 2.45) is 0 Å². The molecule has 0 saturated carbocycles. The van der Waals surface area contributed by atoms with Crippen LogP contribution in [0.5, 0.6) is 0 Å². The minimum atomic E-state index is -0.214. The lowest BCUT2D eigenvalue weighted by atomic mass is 10.1. The Kier molecular flexibility index (Phi) is 12.7. The van der Waals surface area contributed by atoms with E-state index in [1.54, 1.807) is 12.1 Å². The first-order valence-corrected chi connectivity index (χ1v) is 12.9. The molecular formula is C29H40N2O3. The molecular weight excluding hydrogens is 424 g/mol. The zero-order valence-corrected chi connectivity index (χ0v) is 20.8. The zero-order valence-electron chi connectivity index (χ0n) is 20.8. The van der Waals surface area contributed by atoms with Gasteiger partial charge in [0.25, 0.3) is 0 Å². The summed E-state index contributed by atoms with van der Waals surface area (Å²) in [6.07, 6.45) is 12.0. The third-order valence-electron chi connectivity index (χ3n) is 5.90. The van der Waals surface area contributed by atoms with Crippen LogP contribution in [0.2, 0.25) is 0 Å². The topological polar surface area (TPSA) is 75.3 Å². The van der Waals surface area contributed by atoms with E-state index in [4.69, 9.17) is 0 Å². The lowest BCUT2D eigenvalue weighted by Gasteiger charge is -2.06. The van der Waals surface area contributed by atoms with Gasteiger partial charge in [0, 0.05) is 18.5 Å². The molecule has 0 saturated heterocycles. The smallest absolute Gasteiger partial charge is 0.224 e. The standard InChI is InChI=1S/C29H40N2O3/c1-3-5-7-9-11-13-28(33)30-25-19-15-23(16-20-25)24-17-21-26(27(32)22-18-24)31-29(34)14-12-10-8-6-4-2/h15-22H,3-14H2,1-2H3,(H,30,33)(H,31,32,34). The predicted octanol–water partition coefficient (Wildman–Crippen LogP) is 7.31. The van der Waals surface area contributed by atoms with Gasteiger partial charge < -0.3 is 10.6 Å². The van der Waals surface area contributed by atoms with Crippen molar-refractivity contribution in [1.82, 2.24) is 0 Å². The van der Waals surface area contributed by atoms with Crippen molar-refractivity contribution in [3.8, 4) is 11.1 Å². The molecule has 2 aromatic carbocycles. The molecule has 0 spiro atoms. The van der Waals surface area contributed by atoms with E-state index in [2.05, 4.69) is 24.5 Å². The van der Waals surface area contributed by atoms with Crippen LogP contribution >= 0.6 is 0 Å². The first-order chi connectivity index (χ1) is 16.5. The highest BCUT2D eigenvalue weighted by Crippen LogP contribution is 2.21. The molecule has 0 bridgehead atoms. The van der Waals surface area contributed by atoms with Crippen molar-refractivity contribution in [1.29, 1.82) is 0 Å². The first-order valence-electron chi connectivity index (χ1n) is 12.9. The highest BCUT2D eigenvalue weighted by molar-refractivity contribution is 5.91. The molecule has 0 radical (unpaired) electrons. The average Bonchev–Trinajstić information content (AvgIpc) is 3.01. The van der Waals surface area contributed by atoms with E-state index in [9.17, 15) is 14.4 Å². The van der Waals surface area contributed by atoms with Crippen LogP contribution in [-0.2, 0) is 9.59 Å². The average molecular weight is 465 g/mol. The number of hydrogen-bond donors (Lipinski definition) is 2. The van der Waals surface area contributed by atoms with Gasteiger partial charge in [-0.25, -0.2) is 0 Å². The molecule has 0 aliphatic carbocycles. The molecule has 5 heteroatoms. The third kappa shape index (κ3) is 10.3. The second kappa shape index (κ2) is 15.8. The highest BCUT2D eigenvalue weighted by Gasteiger charge is 2.06. The molecule has 0 fully saturated rings. The monoisotopic (exact) mass is 464 g/mol. The van der Waals surface area contributed by atoms with Crippen LogP contribution in [0.15, 0.2) is 53.3 Å². The number of unbranched alkanes of at least 4 members (excludes halogenated alkanes) is 8. The van der Waals surface area contributed by atoms with E-state index in [1.807, 2.05) is 30.3 Å². The molecule has 0 aliphatic rings. The summed E-state index contributed by atoms with van der Waals surface area (Å²) in [4.78, 5) is 36.8. The maximum absolute atomic E-state index is 12.4. The summed E-state index contributed by atoms with van der Waals surface area (Å²) in [6.45, 7) is 4.34. The molecule has 2 amide bonds. The second-order valence-electron chi connectivity index (χ2n) is 8.90. The quantitative estimate of drug-likeness (QED) is 0.271. The van der Waals surface area contributed by atoms with Crippen LogP contribution in [0.3, 0.4) is 0 Å². The molecule has 5 nitrogen and oxygen atoms in total. The van der Waals surface area contributed by atoms with Crippen LogP contribution in [0.1, 0.15) is 90.9 Å². The van der Waals surface area contributed by atoms with Gasteiger partial charge in [0.15, 0.2) is 0 Å². The second-order valence-corrected chi connectivity index (χ2v) is 8.90. The minimum Gasteiger partial charge on any atom is -0.326 e. The number of amides is 2. The number of carbonyl (C=O) groups is 2. The molecule has 2 rings (SSSR count). The Balaban J connectivity index is 1.91. The van der Waals surface area contributed by atoms with Gasteiger partial charge in [-0.2, -0.15) is 0 Å². The van der Waals surface area contributed by atoms with E-state index in [0.717, 1.165) is 48.9 Å². The van der Waals surface area contributed by atoms with E-state index in [-0.39, 0.29) is 17.2 Å². The Morgan fingerprint density at radius 1 is 0.588 bits per heavy atom. The van der Waals surface area contributed by atoms with E-state index >= 15 is 0 Å². The summed E-state index contributed by atoms with van der Waals surface area (Å²) in [5.41, 5.74) is 2.65. The van der Waals surface area contributed by atoms with Crippen molar-refractivity contribution in [3.63, 3.8) is 0 Å². The van der Waals surface area contributed by atoms with Crippen molar-refractivity contribution in [2.75, 3.05) is 10.6 Å². The summed E-state index contributed by atoms with van der Waals surface area (Å²) in [5, 5.41) is 5.71. The minimum absolute atomic E-state index is 0.0390. The van der Waals surface area contributed by atoms with E-state index in [0.29, 0.717) is 18.5 Å². The lowest BCUT2D eigenvalue weighted by Crippen LogP contribution is -2.16. The van der Waals surface area contributed by atoms with Gasteiger partial charge in [-0.15, -0.1) is 0 Å². The Morgan fingerprint density at radius 2 is 1.06 bits per heavy atom. The number of carbonyl (C=O) groups excluding carboxylic acids is 2. The Labute approximate surface area is 204 Å². The summed E-state index contributed by atoms with van der Waals surface area (Å²) in [5.74, 6) is -0.0797. The third-order valence-corrected chi connectivity index (χ3v) is 5.90. The fourth-order valence-electron chi connectivity index (χ4n) is 3.82. The zero-order chi connectivity index (χ0) is 24.6. The Morgan fingerprint density at radius 3 is 1.62 bits per heavy atom. The molecule has 0 aliphatic heterocycles. The largest absolute Gasteiger partial charge is 0.326 e. The van der Waals surface area contributed by atoms with Gasteiger partial charge in [-0.3, -0.25) is 14.4 Å². The fraction of sp³-hybridized carbons (Fsp3) is 0.483. The number of benzene rings is 1. The maximum atomic E-state index is 12.4. The Bertz CT molecular complexity index is 954. The van der Waals surface area contributed by atoms with E-state index in [1.165, 1.54) is 38.2 Å². The number of hydrogen-bond acceptors (Lipinski definition) is 3. The molecule has 2 N–H and O–H groups in total. The molecule has 0 heterocycles. The highest BCUT2D eigenvalue weighted by atomic mass is 16.2. The fourth-order valence-corrected chi connectivity index (χ4v) is 3.82. The van der Waals surface area contributed by atoms with Gasteiger partial charge in [0.05, 0.1) is 5.69 Å². The number of nitrogens with one attached hydrogen (secondary N) is 2. The normalized spacial score (nSPS) is 10.6. The Hall–Kier alpha value is -2.95. The molecule has 0 atom stereocenters. The van der Waals surface area contributed by atoms with Crippen molar-refractivity contribution in [2.45, 2.75) is 90.9 Å². The van der Waals surface area contributed by atoms with Gasteiger partial charge in [0.1, 0.15) is 0 Å². The SMILES string of the molecule is CCCCCCCC(=O)Nc1ccc(-c2ccc(NC(=O)CCCCCCC)c(=O)cc2)cc1. The molecule has 2 aromatic rings. The van der Waals surface area contributed by atoms with Gasteiger partial charge >= 0.3 is 0 Å². The predicted molar refractivity (Wildman–Crippen MR) is 142 cm³/mol. The van der Waals surface area contributed by atoms with Crippen molar-refractivity contribution >= 4 is 23.2 Å². The summed E-state index contributed by atoms with van der Waals surface area (Å²) in [6, 6.07) is 14.3. The molecule has 0 unspecified atom stereocenters. The van der Waals surface area contributed by atoms with Crippen LogP contribution in [-0.4, -0.2) is 11.8 Å². The van der Waals surface area contributed by atoms with Crippen LogP contribution in [0.4, 0.5) is 11.4 Å². The molecule has 0 aromatic heterocycles. The molecule has 184 valence electrons. The number of rotatable bonds is 15. The van der Waals surface area contributed by atoms with E-state index < -0.39 is 0 Å². The summed E-state index contributed by atoms with van der Waals surface area (Å²) >= 11 is 0. The van der Waals surface area contributed by atoms with Crippen molar-refractivity contribution in [3.05, 3.63) is 58.8 Å².